The summed E-state index contributed by atoms with van der Waals surface area (Å²) in [6.07, 6.45) is 4.15. The van der Waals surface area contributed by atoms with Gasteiger partial charge in [0, 0.05) is 25.2 Å². The summed E-state index contributed by atoms with van der Waals surface area (Å²) in [6.45, 7) is 5.93. The number of nitrogens with zero attached hydrogens (tertiary/aromatic N) is 1. The molecule has 0 aliphatic carbocycles. The second-order valence-corrected chi connectivity index (χ2v) is 6.03. The van der Waals surface area contributed by atoms with Gasteiger partial charge in [-0.25, -0.2) is 0 Å². The Morgan fingerprint density at radius 1 is 1.28 bits per heavy atom. The molecule has 2 heteroatoms. The van der Waals surface area contributed by atoms with Crippen LogP contribution in [0.3, 0.4) is 0 Å². The van der Waals surface area contributed by atoms with Crippen LogP contribution >= 0.6 is 0 Å². The van der Waals surface area contributed by atoms with Crippen LogP contribution in [0.2, 0.25) is 0 Å². The first kappa shape index (κ1) is 12.2. The van der Waals surface area contributed by atoms with Crippen molar-refractivity contribution in [1.29, 1.82) is 0 Å². The minimum Gasteiger partial charge on any atom is -0.310 e. The molecule has 2 aliphatic heterocycles. The number of likely N-dealkylation sites (tertiary alicyclic amines) is 1. The van der Waals surface area contributed by atoms with Gasteiger partial charge in [0.15, 0.2) is 0 Å². The Kier molecular flexibility index (Phi) is 3.67. The van der Waals surface area contributed by atoms with Gasteiger partial charge in [0.2, 0.25) is 0 Å². The van der Waals surface area contributed by atoms with Crippen molar-refractivity contribution in [3.8, 4) is 0 Å². The van der Waals surface area contributed by atoms with E-state index in [1.165, 1.54) is 37.9 Å². The first-order valence-corrected chi connectivity index (χ1v) is 7.33. The summed E-state index contributed by atoms with van der Waals surface area (Å²) in [5.41, 5.74) is 1.45. The topological polar surface area (TPSA) is 15.3 Å². The van der Waals surface area contributed by atoms with Gasteiger partial charge in [0.25, 0.3) is 0 Å². The summed E-state index contributed by atoms with van der Waals surface area (Å²) in [4.78, 5) is 2.63. The summed E-state index contributed by atoms with van der Waals surface area (Å²) in [6, 6.07) is 12.3. The van der Waals surface area contributed by atoms with Crippen LogP contribution in [0.25, 0.3) is 0 Å². The van der Waals surface area contributed by atoms with Gasteiger partial charge in [0.1, 0.15) is 0 Å². The highest BCUT2D eigenvalue weighted by Gasteiger charge is 2.33. The highest BCUT2D eigenvalue weighted by Crippen LogP contribution is 2.28. The normalized spacial score (nSPS) is 33.1. The van der Waals surface area contributed by atoms with Gasteiger partial charge >= 0.3 is 0 Å². The molecular weight excluding hydrogens is 220 g/mol. The molecule has 1 N–H and O–H groups in total. The molecule has 0 amide bonds. The third-order valence-electron chi connectivity index (χ3n) is 4.48. The van der Waals surface area contributed by atoms with Gasteiger partial charge in [-0.05, 0) is 44.2 Å². The van der Waals surface area contributed by atoms with Crippen LogP contribution in [0.5, 0.6) is 0 Å². The molecule has 3 atom stereocenters. The highest BCUT2D eigenvalue weighted by atomic mass is 15.2. The smallest absolute Gasteiger partial charge is 0.0234 e. The zero-order valence-corrected chi connectivity index (χ0v) is 11.3. The third kappa shape index (κ3) is 2.76. The van der Waals surface area contributed by atoms with Gasteiger partial charge in [-0.15, -0.1) is 0 Å². The second-order valence-electron chi connectivity index (χ2n) is 6.03. The average molecular weight is 244 g/mol. The third-order valence-corrected chi connectivity index (χ3v) is 4.48. The number of benzene rings is 1. The van der Waals surface area contributed by atoms with Crippen LogP contribution in [-0.4, -0.2) is 30.1 Å². The van der Waals surface area contributed by atoms with Crippen LogP contribution in [-0.2, 0) is 6.54 Å². The maximum atomic E-state index is 3.77. The molecule has 98 valence electrons. The zero-order valence-electron chi connectivity index (χ0n) is 11.3. The number of rotatable bonds is 2. The summed E-state index contributed by atoms with van der Waals surface area (Å²) in [5, 5.41) is 3.77. The molecule has 18 heavy (non-hydrogen) atoms. The summed E-state index contributed by atoms with van der Waals surface area (Å²) >= 11 is 0. The van der Waals surface area contributed by atoms with Gasteiger partial charge in [0.05, 0.1) is 0 Å². The molecule has 1 aromatic carbocycles. The number of hydrogen-bond donors (Lipinski definition) is 1. The lowest BCUT2D eigenvalue weighted by molar-refractivity contribution is 0.250. The van der Waals surface area contributed by atoms with Crippen molar-refractivity contribution in [1.82, 2.24) is 10.2 Å². The minimum atomic E-state index is 0.719. The Labute approximate surface area is 110 Å². The maximum absolute atomic E-state index is 3.77. The lowest BCUT2D eigenvalue weighted by Crippen LogP contribution is -2.40. The molecule has 0 radical (unpaired) electrons. The van der Waals surface area contributed by atoms with Crippen LogP contribution in [0.1, 0.15) is 31.7 Å². The van der Waals surface area contributed by atoms with Gasteiger partial charge in [-0.1, -0.05) is 30.3 Å². The lowest BCUT2D eigenvalue weighted by atomic mass is 9.95. The standard InChI is InChI=1S/C16H24N2/c1-13-10-15-8-5-9-18(12-16(15)17-13)11-14-6-3-2-4-7-14/h2-4,6-7,13,15-17H,5,8-12H2,1H3. The van der Waals surface area contributed by atoms with E-state index in [1.54, 1.807) is 0 Å². The van der Waals surface area contributed by atoms with E-state index in [0.717, 1.165) is 24.5 Å². The van der Waals surface area contributed by atoms with Crippen LogP contribution in [0.4, 0.5) is 0 Å². The molecule has 3 rings (SSSR count). The van der Waals surface area contributed by atoms with E-state index in [9.17, 15) is 0 Å². The quantitative estimate of drug-likeness (QED) is 0.860. The Balaban J connectivity index is 1.63. The molecule has 0 aromatic heterocycles. The molecule has 2 saturated heterocycles. The van der Waals surface area contributed by atoms with Crippen molar-refractivity contribution >= 4 is 0 Å². The first-order chi connectivity index (χ1) is 8.81. The SMILES string of the molecule is CC1CC2CCCN(Cc3ccccc3)CC2N1. The first-order valence-electron chi connectivity index (χ1n) is 7.33. The summed E-state index contributed by atoms with van der Waals surface area (Å²) in [7, 11) is 0. The average Bonchev–Trinajstić information content (AvgIpc) is 2.60. The Bertz CT molecular complexity index is 376. The highest BCUT2D eigenvalue weighted by molar-refractivity contribution is 5.14. The molecule has 0 saturated carbocycles. The summed E-state index contributed by atoms with van der Waals surface area (Å²) in [5.74, 6) is 0.917. The molecule has 1 aromatic rings. The largest absolute Gasteiger partial charge is 0.310 e. The molecule has 2 aliphatic rings. The second kappa shape index (κ2) is 5.41. The van der Waals surface area contributed by atoms with Gasteiger partial charge in [-0.2, -0.15) is 0 Å². The molecular formula is C16H24N2. The Morgan fingerprint density at radius 2 is 2.11 bits per heavy atom. The van der Waals surface area contributed by atoms with Crippen molar-refractivity contribution in [3.63, 3.8) is 0 Å². The zero-order chi connectivity index (χ0) is 12.4. The van der Waals surface area contributed by atoms with E-state index in [1.807, 2.05) is 0 Å². The predicted molar refractivity (Wildman–Crippen MR) is 75.4 cm³/mol. The Morgan fingerprint density at radius 3 is 2.94 bits per heavy atom. The van der Waals surface area contributed by atoms with E-state index in [0.29, 0.717) is 0 Å². The van der Waals surface area contributed by atoms with E-state index >= 15 is 0 Å². The fraction of sp³-hybridized carbons (Fsp3) is 0.625. The molecule has 0 spiro atoms. The molecule has 2 heterocycles. The maximum Gasteiger partial charge on any atom is 0.0234 e. The monoisotopic (exact) mass is 244 g/mol. The van der Waals surface area contributed by atoms with E-state index in [4.69, 9.17) is 0 Å². The number of fused-ring (bicyclic) bond motifs is 1. The molecule has 2 fully saturated rings. The van der Waals surface area contributed by atoms with Crippen molar-refractivity contribution in [2.24, 2.45) is 5.92 Å². The minimum absolute atomic E-state index is 0.719. The van der Waals surface area contributed by atoms with Gasteiger partial charge < -0.3 is 5.32 Å². The van der Waals surface area contributed by atoms with Crippen LogP contribution in [0.15, 0.2) is 30.3 Å². The van der Waals surface area contributed by atoms with Crippen LogP contribution < -0.4 is 5.32 Å². The van der Waals surface area contributed by atoms with Gasteiger partial charge in [-0.3, -0.25) is 4.90 Å². The van der Waals surface area contributed by atoms with Crippen molar-refractivity contribution < 1.29 is 0 Å². The Hall–Kier alpha value is -0.860. The fourth-order valence-electron chi connectivity index (χ4n) is 3.64. The lowest BCUT2D eigenvalue weighted by Gasteiger charge is -2.24. The van der Waals surface area contributed by atoms with Crippen LogP contribution in [0, 0.1) is 5.92 Å². The van der Waals surface area contributed by atoms with Crippen molar-refractivity contribution in [3.05, 3.63) is 35.9 Å². The number of hydrogen-bond acceptors (Lipinski definition) is 2. The van der Waals surface area contributed by atoms with E-state index < -0.39 is 0 Å². The van der Waals surface area contributed by atoms with E-state index in [-0.39, 0.29) is 0 Å². The number of nitrogens with one attached hydrogen (secondary N) is 1. The van der Waals surface area contributed by atoms with E-state index in [2.05, 4.69) is 47.5 Å². The molecule has 3 unspecified atom stereocenters. The summed E-state index contributed by atoms with van der Waals surface area (Å²) < 4.78 is 0. The molecule has 2 nitrogen and oxygen atoms in total. The van der Waals surface area contributed by atoms with Crippen molar-refractivity contribution in [2.75, 3.05) is 13.1 Å². The van der Waals surface area contributed by atoms with Crippen molar-refractivity contribution in [2.45, 2.75) is 44.8 Å². The predicted octanol–water partition coefficient (Wildman–Crippen LogP) is 2.65. The molecule has 0 bridgehead atoms. The fourth-order valence-corrected chi connectivity index (χ4v) is 3.64.